The normalized spacial score (nSPS) is 23.5. The number of carbonyl (C=O) groups is 4. The lowest BCUT2D eigenvalue weighted by atomic mass is 9.97. The Morgan fingerprint density at radius 2 is 1.65 bits per heavy atom. The van der Waals surface area contributed by atoms with Crippen LogP contribution in [0.1, 0.15) is 38.9 Å². The maximum Gasteiger partial charge on any atom is 0.339 e. The molecule has 0 spiro atoms. The highest BCUT2D eigenvalue weighted by atomic mass is 16.7. The Hall–Kier alpha value is -4.22. The van der Waals surface area contributed by atoms with Crippen LogP contribution in [-0.4, -0.2) is 71.7 Å². The first-order valence-corrected chi connectivity index (χ1v) is 10.7. The van der Waals surface area contributed by atoms with Gasteiger partial charge in [0.15, 0.2) is 24.1 Å². The minimum Gasteiger partial charge on any atom is -0.467 e. The SMILES string of the molecule is C#CC[C@@H](O)c1ccc(O[C@@H]2O[C@H](C(=O)OC)[C@@H](OC(C)=O)C(OC(C)=O)[C@H]2OC(C)=O)c([N+](=O)[O-])c1. The van der Waals surface area contributed by atoms with Crippen molar-refractivity contribution in [3.05, 3.63) is 33.9 Å². The number of methoxy groups -OCH3 is 1. The molecule has 1 aromatic carbocycles. The fourth-order valence-corrected chi connectivity index (χ4v) is 3.51. The molecule has 0 saturated carbocycles. The number of nitro benzene ring substituents is 1. The summed E-state index contributed by atoms with van der Waals surface area (Å²) in [5, 5.41) is 21.8. The number of hydrogen-bond donors (Lipinski definition) is 1. The molecule has 0 bridgehead atoms. The van der Waals surface area contributed by atoms with Gasteiger partial charge < -0.3 is 33.5 Å². The van der Waals surface area contributed by atoms with E-state index in [1.54, 1.807) is 0 Å². The molecule has 14 heteroatoms. The molecule has 1 aliphatic rings. The van der Waals surface area contributed by atoms with Crippen LogP contribution in [0.4, 0.5) is 5.69 Å². The van der Waals surface area contributed by atoms with E-state index in [-0.39, 0.29) is 12.0 Å². The molecule has 6 atom stereocenters. The lowest BCUT2D eigenvalue weighted by Gasteiger charge is -2.42. The van der Waals surface area contributed by atoms with Crippen LogP contribution in [0.5, 0.6) is 5.75 Å². The number of benzene rings is 1. The maximum atomic E-state index is 12.5. The van der Waals surface area contributed by atoms with Crippen molar-refractivity contribution in [3.63, 3.8) is 0 Å². The van der Waals surface area contributed by atoms with Gasteiger partial charge in [0.2, 0.25) is 12.4 Å². The minimum absolute atomic E-state index is 0.111. The molecule has 200 valence electrons. The number of carbonyl (C=O) groups excluding carboxylic acids is 4. The van der Waals surface area contributed by atoms with E-state index in [1.807, 2.05) is 0 Å². The molecule has 14 nitrogen and oxygen atoms in total. The average molecular weight is 523 g/mol. The second-order valence-electron chi connectivity index (χ2n) is 7.70. The highest BCUT2D eigenvalue weighted by Gasteiger charge is 2.56. The standard InChI is InChI=1S/C23H25NO13/c1-6-7-16(28)14-8-9-17(15(10-14)24(30)31)36-23-21(35-13(4)27)19(34-12(3)26)18(33-11(2)25)20(37-23)22(29)32-5/h1,8-10,16,18-21,23,28H,7H2,2-5H3/t16-,18+,19?,20+,21-,23-/m1/s1. The van der Waals surface area contributed by atoms with Gasteiger partial charge in [0, 0.05) is 33.3 Å². The molecular weight excluding hydrogens is 498 g/mol. The highest BCUT2D eigenvalue weighted by molar-refractivity contribution is 5.77. The van der Waals surface area contributed by atoms with Crippen LogP contribution < -0.4 is 4.74 Å². The van der Waals surface area contributed by atoms with Crippen molar-refractivity contribution in [2.45, 2.75) is 64.0 Å². The second-order valence-corrected chi connectivity index (χ2v) is 7.70. The van der Waals surface area contributed by atoms with E-state index in [1.165, 1.54) is 6.07 Å². The first kappa shape index (κ1) is 29.0. The summed E-state index contributed by atoms with van der Waals surface area (Å²) in [4.78, 5) is 58.9. The number of rotatable bonds is 9. The Morgan fingerprint density at radius 1 is 1.08 bits per heavy atom. The second kappa shape index (κ2) is 12.7. The summed E-state index contributed by atoms with van der Waals surface area (Å²) >= 11 is 0. The number of terminal acetylenes is 1. The zero-order chi connectivity index (χ0) is 27.9. The van der Waals surface area contributed by atoms with Gasteiger partial charge in [0.1, 0.15) is 0 Å². The number of nitrogens with zero attached hydrogens (tertiary/aromatic N) is 1. The Bertz CT molecular complexity index is 1090. The summed E-state index contributed by atoms with van der Waals surface area (Å²) < 4.78 is 31.5. The molecule has 1 fully saturated rings. The molecule has 0 amide bonds. The van der Waals surface area contributed by atoms with Crippen LogP contribution in [0, 0.1) is 22.5 Å². The molecular formula is C23H25NO13. The third-order valence-corrected chi connectivity index (χ3v) is 4.95. The van der Waals surface area contributed by atoms with E-state index in [0.717, 1.165) is 40.0 Å². The van der Waals surface area contributed by atoms with Gasteiger partial charge in [-0.3, -0.25) is 24.5 Å². The molecule has 1 aliphatic heterocycles. The smallest absolute Gasteiger partial charge is 0.339 e. The summed E-state index contributed by atoms with van der Waals surface area (Å²) in [6.45, 7) is 3.04. The number of nitro groups is 1. The fraction of sp³-hybridized carbons (Fsp3) is 0.478. The molecule has 37 heavy (non-hydrogen) atoms. The molecule has 1 N–H and O–H groups in total. The lowest BCUT2D eigenvalue weighted by Crippen LogP contribution is -2.64. The van der Waals surface area contributed by atoms with Crippen molar-refractivity contribution >= 4 is 29.6 Å². The fourth-order valence-electron chi connectivity index (χ4n) is 3.51. The summed E-state index contributed by atoms with van der Waals surface area (Å²) in [5.74, 6) is -1.94. The van der Waals surface area contributed by atoms with E-state index >= 15 is 0 Å². The summed E-state index contributed by atoms with van der Waals surface area (Å²) in [6, 6.07) is 3.45. The Morgan fingerprint density at radius 3 is 2.16 bits per heavy atom. The van der Waals surface area contributed by atoms with Crippen molar-refractivity contribution in [2.75, 3.05) is 7.11 Å². The van der Waals surface area contributed by atoms with E-state index in [2.05, 4.69) is 10.7 Å². The van der Waals surface area contributed by atoms with Crippen LogP contribution in [0.3, 0.4) is 0 Å². The van der Waals surface area contributed by atoms with E-state index in [4.69, 9.17) is 30.1 Å². The van der Waals surface area contributed by atoms with Gasteiger partial charge in [-0.1, -0.05) is 6.07 Å². The number of hydrogen-bond acceptors (Lipinski definition) is 13. The van der Waals surface area contributed by atoms with Gasteiger partial charge in [-0.25, -0.2) is 4.79 Å². The predicted octanol–water partition coefficient (Wildman–Crippen LogP) is 0.723. The van der Waals surface area contributed by atoms with Crippen molar-refractivity contribution in [1.82, 2.24) is 0 Å². The third-order valence-electron chi connectivity index (χ3n) is 4.95. The number of ether oxygens (including phenoxy) is 6. The molecule has 0 radical (unpaired) electrons. The summed E-state index contributed by atoms with van der Waals surface area (Å²) in [6.07, 6.45) is -4.58. The van der Waals surface area contributed by atoms with Gasteiger partial charge in [0.05, 0.1) is 18.1 Å². The van der Waals surface area contributed by atoms with Gasteiger partial charge in [-0.15, -0.1) is 12.3 Å². The maximum absolute atomic E-state index is 12.5. The average Bonchev–Trinajstić information content (AvgIpc) is 2.81. The first-order valence-electron chi connectivity index (χ1n) is 10.7. The first-order chi connectivity index (χ1) is 17.4. The van der Waals surface area contributed by atoms with Crippen LogP contribution in [0.15, 0.2) is 18.2 Å². The van der Waals surface area contributed by atoms with E-state index < -0.39 is 77.0 Å². The number of esters is 4. The van der Waals surface area contributed by atoms with Gasteiger partial charge in [0.25, 0.3) is 0 Å². The van der Waals surface area contributed by atoms with Gasteiger partial charge in [-0.05, 0) is 11.6 Å². The highest BCUT2D eigenvalue weighted by Crippen LogP contribution is 2.36. The topological polar surface area (TPSA) is 187 Å². The lowest BCUT2D eigenvalue weighted by molar-refractivity contribution is -0.387. The van der Waals surface area contributed by atoms with Crippen LogP contribution in [0.25, 0.3) is 0 Å². The van der Waals surface area contributed by atoms with Crippen LogP contribution in [0.2, 0.25) is 0 Å². The van der Waals surface area contributed by atoms with Crippen LogP contribution >= 0.6 is 0 Å². The molecule has 0 aromatic heterocycles. The zero-order valence-corrected chi connectivity index (χ0v) is 20.3. The van der Waals surface area contributed by atoms with E-state index in [0.29, 0.717) is 0 Å². The molecule has 1 heterocycles. The number of aliphatic hydroxyl groups excluding tert-OH is 1. The number of aliphatic hydroxyl groups is 1. The van der Waals surface area contributed by atoms with Crippen molar-refractivity contribution < 1.29 is 57.6 Å². The molecule has 1 unspecified atom stereocenters. The monoisotopic (exact) mass is 523 g/mol. The van der Waals surface area contributed by atoms with Crippen molar-refractivity contribution in [3.8, 4) is 18.1 Å². The largest absolute Gasteiger partial charge is 0.467 e. The molecule has 1 saturated heterocycles. The van der Waals surface area contributed by atoms with Crippen LogP contribution in [-0.2, 0) is 42.9 Å². The summed E-state index contributed by atoms with van der Waals surface area (Å²) in [5.41, 5.74) is -0.502. The summed E-state index contributed by atoms with van der Waals surface area (Å²) in [7, 11) is 1.01. The molecule has 1 aromatic rings. The molecule has 0 aliphatic carbocycles. The Kier molecular flexibility index (Phi) is 9.92. The zero-order valence-electron chi connectivity index (χ0n) is 20.3. The predicted molar refractivity (Wildman–Crippen MR) is 119 cm³/mol. The Balaban J connectivity index is 2.59. The van der Waals surface area contributed by atoms with Gasteiger partial charge in [-0.2, -0.15) is 0 Å². The van der Waals surface area contributed by atoms with Gasteiger partial charge >= 0.3 is 29.6 Å². The van der Waals surface area contributed by atoms with Crippen molar-refractivity contribution in [1.29, 1.82) is 0 Å². The van der Waals surface area contributed by atoms with Crippen molar-refractivity contribution in [2.24, 2.45) is 0 Å². The quantitative estimate of drug-likeness (QED) is 0.157. The third kappa shape index (κ3) is 7.38. The van der Waals surface area contributed by atoms with E-state index in [9.17, 15) is 34.4 Å². The Labute approximate surface area is 210 Å². The molecule has 2 rings (SSSR count). The minimum atomic E-state index is -1.79.